The van der Waals surface area contributed by atoms with Crippen molar-refractivity contribution in [2.75, 3.05) is 5.32 Å². The molecular weight excluding hydrogens is 290 g/mol. The van der Waals surface area contributed by atoms with Gasteiger partial charge < -0.3 is 5.32 Å². The third kappa shape index (κ3) is 2.28. The van der Waals surface area contributed by atoms with Crippen molar-refractivity contribution < 1.29 is 0 Å². The van der Waals surface area contributed by atoms with Gasteiger partial charge in [-0.15, -0.1) is 11.3 Å². The predicted octanol–water partition coefficient (Wildman–Crippen LogP) is 4.74. The summed E-state index contributed by atoms with van der Waals surface area (Å²) in [6.45, 7) is 2.21. The smallest absolute Gasteiger partial charge is 0.138 e. The van der Waals surface area contributed by atoms with E-state index in [1.54, 1.807) is 6.33 Å². The maximum absolute atomic E-state index is 4.55. The second-order valence-corrected chi connectivity index (χ2v) is 6.86. The number of aromatic nitrogens is 2. The monoisotopic (exact) mass is 309 g/mol. The van der Waals surface area contributed by atoms with Crippen molar-refractivity contribution in [3.8, 4) is 0 Å². The lowest BCUT2D eigenvalue weighted by molar-refractivity contribution is 0.745. The van der Waals surface area contributed by atoms with Crippen LogP contribution in [0.3, 0.4) is 0 Å². The van der Waals surface area contributed by atoms with Gasteiger partial charge in [0, 0.05) is 4.88 Å². The van der Waals surface area contributed by atoms with Gasteiger partial charge >= 0.3 is 0 Å². The van der Waals surface area contributed by atoms with Gasteiger partial charge in [-0.05, 0) is 36.8 Å². The Morgan fingerprint density at radius 3 is 2.86 bits per heavy atom. The van der Waals surface area contributed by atoms with Gasteiger partial charge in [-0.2, -0.15) is 0 Å². The van der Waals surface area contributed by atoms with Crippen LogP contribution in [0.25, 0.3) is 10.2 Å². The van der Waals surface area contributed by atoms with Crippen LogP contribution in [0.5, 0.6) is 0 Å². The van der Waals surface area contributed by atoms with Crippen molar-refractivity contribution in [2.45, 2.75) is 38.6 Å². The normalized spacial score (nSPS) is 15.0. The fraction of sp³-hybridized carbons (Fsp3) is 0.333. The summed E-state index contributed by atoms with van der Waals surface area (Å²) in [7, 11) is 0. The Morgan fingerprint density at radius 2 is 2.05 bits per heavy atom. The van der Waals surface area contributed by atoms with Crippen LogP contribution in [-0.4, -0.2) is 9.97 Å². The van der Waals surface area contributed by atoms with E-state index in [-0.39, 0.29) is 6.04 Å². The fourth-order valence-corrected chi connectivity index (χ4v) is 4.54. The quantitative estimate of drug-likeness (QED) is 0.756. The van der Waals surface area contributed by atoms with Crippen LogP contribution in [-0.2, 0) is 12.8 Å². The Morgan fingerprint density at radius 1 is 1.18 bits per heavy atom. The van der Waals surface area contributed by atoms with E-state index in [1.807, 2.05) is 11.3 Å². The molecule has 1 aliphatic rings. The van der Waals surface area contributed by atoms with E-state index in [1.165, 1.54) is 40.7 Å². The zero-order valence-electron chi connectivity index (χ0n) is 12.7. The molecule has 22 heavy (non-hydrogen) atoms. The SMILES string of the molecule is CCC(Nc1ncnc2sc3c(c12)CCC3)c1ccccc1. The Labute approximate surface area is 134 Å². The molecule has 2 heterocycles. The van der Waals surface area contributed by atoms with Crippen LogP contribution in [0.2, 0.25) is 0 Å². The number of rotatable bonds is 4. The number of aryl methyl sites for hydroxylation is 2. The molecule has 0 radical (unpaired) electrons. The summed E-state index contributed by atoms with van der Waals surface area (Å²) in [5.74, 6) is 1.00. The van der Waals surface area contributed by atoms with Crippen LogP contribution < -0.4 is 5.32 Å². The molecule has 1 aliphatic carbocycles. The molecule has 4 heteroatoms. The molecule has 0 saturated carbocycles. The zero-order chi connectivity index (χ0) is 14.9. The molecule has 112 valence electrons. The molecule has 0 fully saturated rings. The summed E-state index contributed by atoms with van der Waals surface area (Å²) >= 11 is 1.84. The minimum absolute atomic E-state index is 0.288. The number of thiophene rings is 1. The van der Waals surface area contributed by atoms with Crippen molar-refractivity contribution in [2.24, 2.45) is 0 Å². The number of benzene rings is 1. The molecule has 1 unspecified atom stereocenters. The van der Waals surface area contributed by atoms with E-state index in [2.05, 4.69) is 52.5 Å². The van der Waals surface area contributed by atoms with Crippen molar-refractivity contribution >= 4 is 27.4 Å². The summed E-state index contributed by atoms with van der Waals surface area (Å²) < 4.78 is 0. The highest BCUT2D eigenvalue weighted by atomic mass is 32.1. The maximum Gasteiger partial charge on any atom is 0.138 e. The maximum atomic E-state index is 4.55. The van der Waals surface area contributed by atoms with Gasteiger partial charge in [0.25, 0.3) is 0 Å². The van der Waals surface area contributed by atoms with Crippen molar-refractivity contribution in [3.05, 3.63) is 52.7 Å². The first-order chi connectivity index (χ1) is 10.9. The largest absolute Gasteiger partial charge is 0.363 e. The van der Waals surface area contributed by atoms with Gasteiger partial charge in [0.05, 0.1) is 11.4 Å². The molecule has 0 aliphatic heterocycles. The van der Waals surface area contributed by atoms with Crippen molar-refractivity contribution in [1.82, 2.24) is 9.97 Å². The molecule has 0 amide bonds. The third-order valence-electron chi connectivity index (χ3n) is 4.42. The molecule has 2 aromatic heterocycles. The number of hydrogen-bond acceptors (Lipinski definition) is 4. The second kappa shape index (κ2) is 5.69. The van der Waals surface area contributed by atoms with E-state index in [0.29, 0.717) is 0 Å². The highest BCUT2D eigenvalue weighted by Gasteiger charge is 2.22. The van der Waals surface area contributed by atoms with Gasteiger partial charge in [-0.25, -0.2) is 9.97 Å². The Kier molecular flexibility index (Phi) is 3.54. The third-order valence-corrected chi connectivity index (χ3v) is 5.62. The van der Waals surface area contributed by atoms with Crippen LogP contribution in [0.15, 0.2) is 36.7 Å². The molecule has 0 bridgehead atoms. The average molecular weight is 309 g/mol. The number of hydrogen-bond donors (Lipinski definition) is 1. The van der Waals surface area contributed by atoms with E-state index < -0.39 is 0 Å². The summed E-state index contributed by atoms with van der Waals surface area (Å²) in [5.41, 5.74) is 2.79. The first-order valence-electron chi connectivity index (χ1n) is 7.93. The average Bonchev–Trinajstić information content (AvgIpc) is 3.14. The van der Waals surface area contributed by atoms with E-state index in [9.17, 15) is 0 Å². The minimum atomic E-state index is 0.288. The molecule has 0 saturated heterocycles. The number of nitrogens with zero attached hydrogens (tertiary/aromatic N) is 2. The van der Waals surface area contributed by atoms with Gasteiger partial charge in [0.15, 0.2) is 0 Å². The fourth-order valence-electron chi connectivity index (χ4n) is 3.31. The summed E-state index contributed by atoms with van der Waals surface area (Å²) in [5, 5.41) is 4.92. The molecule has 3 aromatic rings. The first-order valence-corrected chi connectivity index (χ1v) is 8.75. The highest BCUT2D eigenvalue weighted by molar-refractivity contribution is 7.19. The van der Waals surface area contributed by atoms with Crippen LogP contribution >= 0.6 is 11.3 Å². The number of anilines is 1. The van der Waals surface area contributed by atoms with Gasteiger partial charge in [0.1, 0.15) is 17.0 Å². The standard InChI is InChI=1S/C18H19N3S/c1-2-14(12-7-4-3-5-8-12)21-17-16-13-9-6-10-15(13)22-18(16)20-11-19-17/h3-5,7-8,11,14H,2,6,9-10H2,1H3,(H,19,20,21). The summed E-state index contributed by atoms with van der Waals surface area (Å²) in [4.78, 5) is 11.7. The van der Waals surface area contributed by atoms with Crippen molar-refractivity contribution in [1.29, 1.82) is 0 Å². The minimum Gasteiger partial charge on any atom is -0.363 e. The highest BCUT2D eigenvalue weighted by Crippen LogP contribution is 2.39. The Hall–Kier alpha value is -1.94. The molecule has 1 N–H and O–H groups in total. The van der Waals surface area contributed by atoms with Crippen LogP contribution in [0.1, 0.15) is 41.8 Å². The lowest BCUT2D eigenvalue weighted by atomic mass is 10.0. The lowest BCUT2D eigenvalue weighted by Gasteiger charge is -2.18. The molecule has 1 atom stereocenters. The van der Waals surface area contributed by atoms with Gasteiger partial charge in [-0.1, -0.05) is 37.3 Å². The second-order valence-electron chi connectivity index (χ2n) is 5.78. The van der Waals surface area contributed by atoms with Crippen LogP contribution in [0, 0.1) is 0 Å². The Bertz CT molecular complexity index is 795. The van der Waals surface area contributed by atoms with E-state index >= 15 is 0 Å². The molecule has 4 rings (SSSR count). The van der Waals surface area contributed by atoms with Gasteiger partial charge in [0.2, 0.25) is 0 Å². The zero-order valence-corrected chi connectivity index (χ0v) is 13.5. The van der Waals surface area contributed by atoms with Crippen LogP contribution in [0.4, 0.5) is 5.82 Å². The lowest BCUT2D eigenvalue weighted by Crippen LogP contribution is -2.11. The number of fused-ring (bicyclic) bond motifs is 3. The van der Waals surface area contributed by atoms with Gasteiger partial charge in [-0.3, -0.25) is 0 Å². The topological polar surface area (TPSA) is 37.8 Å². The number of nitrogens with one attached hydrogen (secondary N) is 1. The summed E-state index contributed by atoms with van der Waals surface area (Å²) in [6.07, 6.45) is 6.35. The molecule has 1 aromatic carbocycles. The molecular formula is C18H19N3S. The Balaban J connectivity index is 1.75. The summed E-state index contributed by atoms with van der Waals surface area (Å²) in [6, 6.07) is 10.9. The van der Waals surface area contributed by atoms with E-state index in [4.69, 9.17) is 0 Å². The molecule has 3 nitrogen and oxygen atoms in total. The first kappa shape index (κ1) is 13.7. The van der Waals surface area contributed by atoms with E-state index in [0.717, 1.165) is 17.1 Å². The molecule has 0 spiro atoms. The van der Waals surface area contributed by atoms with Crippen molar-refractivity contribution in [3.63, 3.8) is 0 Å². The predicted molar refractivity (Wildman–Crippen MR) is 92.5 cm³/mol.